The van der Waals surface area contributed by atoms with Crippen molar-refractivity contribution >= 4 is 29.2 Å². The molecule has 0 aromatic heterocycles. The summed E-state index contributed by atoms with van der Waals surface area (Å²) in [6.07, 6.45) is 0. The van der Waals surface area contributed by atoms with Crippen molar-refractivity contribution in [3.63, 3.8) is 0 Å². The minimum atomic E-state index is 0.00909. The molecular weight excluding hydrogens is 419 g/mol. The molecule has 2 heterocycles. The van der Waals surface area contributed by atoms with E-state index in [0.717, 1.165) is 55.4 Å². The lowest BCUT2D eigenvalue weighted by atomic mass is 9.84. The summed E-state index contributed by atoms with van der Waals surface area (Å²) in [6.45, 7) is 5.63. The Morgan fingerprint density at radius 2 is 1.83 bits per heavy atom. The molecular formula is C23H28Cl2N4O. The Kier molecular flexibility index (Phi) is 6.54. The number of benzene rings is 2. The van der Waals surface area contributed by atoms with Gasteiger partial charge in [-0.05, 0) is 48.5 Å². The van der Waals surface area contributed by atoms with E-state index in [2.05, 4.69) is 53.5 Å². The van der Waals surface area contributed by atoms with Crippen LogP contribution in [0.25, 0.3) is 0 Å². The van der Waals surface area contributed by atoms with Crippen molar-refractivity contribution in [3.05, 3.63) is 68.7 Å². The second-order valence-electron chi connectivity index (χ2n) is 8.40. The van der Waals surface area contributed by atoms with Crippen molar-refractivity contribution in [2.24, 2.45) is 0 Å². The fourth-order valence-electron chi connectivity index (χ4n) is 4.35. The van der Waals surface area contributed by atoms with Crippen LogP contribution in [0.5, 0.6) is 0 Å². The maximum atomic E-state index is 12.5. The topological polar surface area (TPSA) is 38.8 Å². The first kappa shape index (κ1) is 21.4. The molecule has 1 fully saturated rings. The van der Waals surface area contributed by atoms with E-state index >= 15 is 0 Å². The van der Waals surface area contributed by atoms with Crippen LogP contribution in [0, 0.1) is 0 Å². The van der Waals surface area contributed by atoms with Gasteiger partial charge in [0.25, 0.3) is 0 Å². The van der Waals surface area contributed by atoms with Gasteiger partial charge in [0.1, 0.15) is 0 Å². The van der Waals surface area contributed by atoms with Crippen LogP contribution in [-0.2, 0) is 13.1 Å². The Balaban J connectivity index is 1.49. The van der Waals surface area contributed by atoms with E-state index in [9.17, 15) is 4.79 Å². The number of urea groups is 1. The molecule has 1 atom stereocenters. The summed E-state index contributed by atoms with van der Waals surface area (Å²) in [4.78, 5) is 18.9. The number of rotatable bonds is 3. The Bertz CT molecular complexity index is 927. The molecule has 2 aromatic rings. The molecule has 0 radical (unpaired) electrons. The molecule has 160 valence electrons. The standard InChI is InChI=1S/C23H28Cl2N4O/c1-27-6-8-29(9-7-27)23(30)26-13-16-4-3-5-17(10-16)20-14-28(2)15-21-19(20)11-18(24)12-22(21)25/h3-5,10-12,20H,6-9,13-15H2,1-2H3,(H,26,30). The smallest absolute Gasteiger partial charge is 0.317 e. The van der Waals surface area contributed by atoms with Gasteiger partial charge in [0.15, 0.2) is 0 Å². The van der Waals surface area contributed by atoms with Gasteiger partial charge < -0.3 is 20.0 Å². The monoisotopic (exact) mass is 446 g/mol. The number of halogens is 2. The first-order valence-electron chi connectivity index (χ1n) is 10.4. The zero-order chi connectivity index (χ0) is 21.3. The molecule has 1 unspecified atom stereocenters. The highest BCUT2D eigenvalue weighted by atomic mass is 35.5. The number of fused-ring (bicyclic) bond motifs is 1. The summed E-state index contributed by atoms with van der Waals surface area (Å²) in [5, 5.41) is 4.47. The molecule has 1 saturated heterocycles. The molecule has 0 aliphatic carbocycles. The first-order valence-corrected chi connectivity index (χ1v) is 11.1. The van der Waals surface area contributed by atoms with Gasteiger partial charge in [0, 0.05) is 61.8 Å². The number of likely N-dealkylation sites (N-methyl/N-ethyl adjacent to an activating group) is 2. The molecule has 2 amide bonds. The fraction of sp³-hybridized carbons (Fsp3) is 0.435. The van der Waals surface area contributed by atoms with Crippen LogP contribution in [-0.4, -0.2) is 67.5 Å². The zero-order valence-corrected chi connectivity index (χ0v) is 19.0. The van der Waals surface area contributed by atoms with Gasteiger partial charge >= 0.3 is 6.03 Å². The maximum Gasteiger partial charge on any atom is 0.317 e. The van der Waals surface area contributed by atoms with E-state index in [4.69, 9.17) is 23.2 Å². The lowest BCUT2D eigenvalue weighted by molar-refractivity contribution is 0.154. The highest BCUT2D eigenvalue weighted by Gasteiger charge is 2.27. The van der Waals surface area contributed by atoms with E-state index in [1.54, 1.807) is 0 Å². The number of hydrogen-bond acceptors (Lipinski definition) is 3. The predicted octanol–water partition coefficient (Wildman–Crippen LogP) is 4.03. The minimum absolute atomic E-state index is 0.00909. The van der Waals surface area contributed by atoms with Crippen molar-refractivity contribution in [2.45, 2.75) is 19.0 Å². The predicted molar refractivity (Wildman–Crippen MR) is 122 cm³/mol. The molecule has 1 N–H and O–H groups in total. The SMILES string of the molecule is CN1CCN(C(=O)NCc2cccc(C3CN(C)Cc4c(Cl)cc(Cl)cc43)c2)CC1. The van der Waals surface area contributed by atoms with Gasteiger partial charge in [-0.3, -0.25) is 0 Å². The largest absolute Gasteiger partial charge is 0.334 e. The molecule has 30 heavy (non-hydrogen) atoms. The lowest BCUT2D eigenvalue weighted by Crippen LogP contribution is -2.50. The molecule has 4 rings (SSSR count). The highest BCUT2D eigenvalue weighted by molar-refractivity contribution is 6.35. The van der Waals surface area contributed by atoms with Crippen LogP contribution in [0.4, 0.5) is 4.79 Å². The summed E-state index contributed by atoms with van der Waals surface area (Å²) < 4.78 is 0. The van der Waals surface area contributed by atoms with Gasteiger partial charge in [-0.2, -0.15) is 0 Å². The normalized spacial score (nSPS) is 20.1. The Morgan fingerprint density at radius 1 is 1.07 bits per heavy atom. The molecule has 0 spiro atoms. The molecule has 2 aliphatic rings. The summed E-state index contributed by atoms with van der Waals surface area (Å²) in [5.41, 5.74) is 4.66. The Hall–Kier alpha value is -1.79. The number of piperazine rings is 1. The molecule has 0 saturated carbocycles. The number of hydrogen-bond donors (Lipinski definition) is 1. The second-order valence-corrected chi connectivity index (χ2v) is 9.24. The van der Waals surface area contributed by atoms with Crippen LogP contribution >= 0.6 is 23.2 Å². The minimum Gasteiger partial charge on any atom is -0.334 e. The molecule has 2 aromatic carbocycles. The Morgan fingerprint density at radius 3 is 2.60 bits per heavy atom. The summed E-state index contributed by atoms with van der Waals surface area (Å²) in [6, 6.07) is 12.3. The van der Waals surface area contributed by atoms with E-state index in [1.165, 1.54) is 11.1 Å². The van der Waals surface area contributed by atoms with Crippen LogP contribution in [0.1, 0.15) is 28.2 Å². The molecule has 0 bridgehead atoms. The Labute approximate surface area is 188 Å². The summed E-state index contributed by atoms with van der Waals surface area (Å²) in [7, 11) is 4.20. The van der Waals surface area contributed by atoms with Crippen LogP contribution < -0.4 is 5.32 Å². The maximum absolute atomic E-state index is 12.5. The second kappa shape index (κ2) is 9.15. The quantitative estimate of drug-likeness (QED) is 0.773. The highest BCUT2D eigenvalue weighted by Crippen LogP contribution is 2.38. The van der Waals surface area contributed by atoms with E-state index in [-0.39, 0.29) is 11.9 Å². The fourth-order valence-corrected chi connectivity index (χ4v) is 4.92. The van der Waals surface area contributed by atoms with Gasteiger partial charge in [-0.25, -0.2) is 4.79 Å². The zero-order valence-electron chi connectivity index (χ0n) is 17.5. The van der Waals surface area contributed by atoms with Gasteiger partial charge in [-0.1, -0.05) is 47.5 Å². The third-order valence-electron chi connectivity index (χ3n) is 6.08. The average Bonchev–Trinajstić information content (AvgIpc) is 2.73. The summed E-state index contributed by atoms with van der Waals surface area (Å²) in [5.74, 6) is 0.197. The number of nitrogens with one attached hydrogen (secondary N) is 1. The van der Waals surface area contributed by atoms with Crippen LogP contribution in [0.3, 0.4) is 0 Å². The van der Waals surface area contributed by atoms with Crippen molar-refractivity contribution in [3.8, 4) is 0 Å². The van der Waals surface area contributed by atoms with Gasteiger partial charge in [-0.15, -0.1) is 0 Å². The van der Waals surface area contributed by atoms with Crippen LogP contribution in [0.15, 0.2) is 36.4 Å². The van der Waals surface area contributed by atoms with Crippen molar-refractivity contribution in [2.75, 3.05) is 46.8 Å². The van der Waals surface area contributed by atoms with E-state index in [1.807, 2.05) is 17.0 Å². The van der Waals surface area contributed by atoms with Crippen molar-refractivity contribution < 1.29 is 4.79 Å². The van der Waals surface area contributed by atoms with E-state index < -0.39 is 0 Å². The molecule has 2 aliphatic heterocycles. The average molecular weight is 447 g/mol. The first-order chi connectivity index (χ1) is 14.4. The number of carbonyl (C=O) groups is 1. The molecule has 5 nitrogen and oxygen atoms in total. The van der Waals surface area contributed by atoms with Gasteiger partial charge in [0.05, 0.1) is 0 Å². The van der Waals surface area contributed by atoms with Crippen molar-refractivity contribution in [1.82, 2.24) is 20.0 Å². The van der Waals surface area contributed by atoms with Gasteiger partial charge in [0.2, 0.25) is 0 Å². The third-order valence-corrected chi connectivity index (χ3v) is 6.64. The third kappa shape index (κ3) is 4.75. The summed E-state index contributed by atoms with van der Waals surface area (Å²) >= 11 is 12.8. The van der Waals surface area contributed by atoms with Crippen LogP contribution in [0.2, 0.25) is 10.0 Å². The number of nitrogens with zero attached hydrogens (tertiary/aromatic N) is 3. The number of amides is 2. The van der Waals surface area contributed by atoms with E-state index in [0.29, 0.717) is 11.6 Å². The number of carbonyl (C=O) groups excluding carboxylic acids is 1. The van der Waals surface area contributed by atoms with Crippen molar-refractivity contribution in [1.29, 1.82) is 0 Å². The lowest BCUT2D eigenvalue weighted by Gasteiger charge is -2.33. The molecule has 7 heteroatoms.